The Morgan fingerprint density at radius 3 is 2.59 bits per heavy atom. The van der Waals surface area contributed by atoms with Crippen molar-refractivity contribution < 1.29 is 14.4 Å². The van der Waals surface area contributed by atoms with E-state index in [1.807, 2.05) is 18.7 Å². The Morgan fingerprint density at radius 1 is 1.27 bits per heavy atom. The molecule has 2 rings (SSSR count). The highest BCUT2D eigenvalue weighted by Gasteiger charge is 2.27. The van der Waals surface area contributed by atoms with Gasteiger partial charge in [-0.15, -0.1) is 11.8 Å². The minimum Gasteiger partial charge on any atom is -0.466 e. The van der Waals surface area contributed by atoms with Crippen molar-refractivity contribution in [1.29, 1.82) is 0 Å². The smallest absolute Gasteiger partial charge is 0.309 e. The highest BCUT2D eigenvalue weighted by atomic mass is 32.2. The van der Waals surface area contributed by atoms with Crippen molar-refractivity contribution in [2.75, 3.05) is 32.0 Å². The van der Waals surface area contributed by atoms with E-state index in [0.29, 0.717) is 6.61 Å². The van der Waals surface area contributed by atoms with Gasteiger partial charge < -0.3 is 9.64 Å². The van der Waals surface area contributed by atoms with E-state index < -0.39 is 0 Å². The first-order chi connectivity index (χ1) is 10.7. The molecule has 0 unspecified atom stereocenters. The summed E-state index contributed by atoms with van der Waals surface area (Å²) in [5, 5.41) is 0. The molecule has 4 heteroatoms. The Morgan fingerprint density at radius 2 is 1.95 bits per heavy atom. The fraction of sp³-hybridized carbons (Fsp3) is 0.611. The zero-order chi connectivity index (χ0) is 15.8. The number of rotatable bonds is 7. The molecule has 1 fully saturated rings. The van der Waals surface area contributed by atoms with Crippen molar-refractivity contribution in [3.63, 3.8) is 0 Å². The lowest BCUT2D eigenvalue weighted by Crippen LogP contribution is -3.13. The number of esters is 1. The van der Waals surface area contributed by atoms with Crippen LogP contribution >= 0.6 is 11.8 Å². The molecule has 3 nitrogen and oxygen atoms in total. The second kappa shape index (κ2) is 9.21. The summed E-state index contributed by atoms with van der Waals surface area (Å²) in [4.78, 5) is 14.7. The molecule has 0 radical (unpaired) electrons. The molecular formula is C18H28NO2S+. The van der Waals surface area contributed by atoms with Crippen LogP contribution in [0.2, 0.25) is 0 Å². The van der Waals surface area contributed by atoms with E-state index in [1.54, 1.807) is 4.90 Å². The van der Waals surface area contributed by atoms with E-state index in [9.17, 15) is 4.79 Å². The zero-order valence-electron chi connectivity index (χ0n) is 13.8. The first-order valence-electron chi connectivity index (χ1n) is 8.38. The van der Waals surface area contributed by atoms with Crippen molar-refractivity contribution in [3.8, 4) is 0 Å². The van der Waals surface area contributed by atoms with Crippen LogP contribution in [0.3, 0.4) is 0 Å². The quantitative estimate of drug-likeness (QED) is 0.475. The van der Waals surface area contributed by atoms with Crippen molar-refractivity contribution >= 4 is 17.7 Å². The summed E-state index contributed by atoms with van der Waals surface area (Å²) in [5.74, 6) is 1.33. The molecule has 1 aliphatic rings. The van der Waals surface area contributed by atoms with Gasteiger partial charge in [0, 0.05) is 29.9 Å². The summed E-state index contributed by atoms with van der Waals surface area (Å²) < 4.78 is 5.12. The molecule has 1 saturated heterocycles. The number of carbonyl (C=O) groups is 1. The third-order valence-electron chi connectivity index (χ3n) is 4.28. The molecule has 0 aliphatic carbocycles. The maximum absolute atomic E-state index is 11.7. The number of hydrogen-bond acceptors (Lipinski definition) is 3. The number of hydrogen-bond donors (Lipinski definition) is 1. The van der Waals surface area contributed by atoms with E-state index >= 15 is 0 Å². The normalized spacial score (nSPS) is 21.5. The van der Waals surface area contributed by atoms with Gasteiger partial charge in [-0.05, 0) is 26.0 Å². The van der Waals surface area contributed by atoms with Crippen LogP contribution in [0.25, 0.3) is 0 Å². The number of thioether (sulfide) groups is 1. The maximum Gasteiger partial charge on any atom is 0.309 e. The Hall–Kier alpha value is -1.00. The molecule has 1 aliphatic heterocycles. The van der Waals surface area contributed by atoms with Crippen LogP contribution in [-0.2, 0) is 9.53 Å². The average Bonchev–Trinajstić information content (AvgIpc) is 2.54. The molecule has 0 bridgehead atoms. The fourth-order valence-electron chi connectivity index (χ4n) is 2.92. The summed E-state index contributed by atoms with van der Waals surface area (Å²) in [6, 6.07) is 8.76. The number of ether oxygens (including phenoxy) is 1. The van der Waals surface area contributed by atoms with Crippen LogP contribution in [0.4, 0.5) is 0 Å². The van der Waals surface area contributed by atoms with E-state index in [4.69, 9.17) is 4.74 Å². The lowest BCUT2D eigenvalue weighted by molar-refractivity contribution is -0.905. The summed E-state index contributed by atoms with van der Waals surface area (Å²) in [6.45, 7) is 7.94. The third kappa shape index (κ3) is 5.65. The molecule has 1 aromatic rings. The van der Waals surface area contributed by atoms with Gasteiger partial charge in [0.25, 0.3) is 0 Å². The topological polar surface area (TPSA) is 30.7 Å². The van der Waals surface area contributed by atoms with Crippen molar-refractivity contribution in [2.45, 2.75) is 38.0 Å². The van der Waals surface area contributed by atoms with E-state index in [-0.39, 0.29) is 11.9 Å². The molecule has 1 aromatic carbocycles. The standard InChI is InChI=1S/C18H27NO2S/c1-3-21-18(20)16-9-12-19(13-10-16)11-4-14-22-17-7-5-15(2)6-8-17/h5-8,16H,3-4,9-14H2,1-2H3/p+1. The molecule has 1 heterocycles. The second-order valence-electron chi connectivity index (χ2n) is 6.04. The minimum absolute atomic E-state index is 0.0106. The maximum atomic E-state index is 11.7. The number of benzene rings is 1. The Kier molecular flexibility index (Phi) is 7.26. The minimum atomic E-state index is 0.0106. The van der Waals surface area contributed by atoms with E-state index in [0.717, 1.165) is 25.9 Å². The number of piperidine rings is 1. The Bertz CT molecular complexity index is 453. The van der Waals surface area contributed by atoms with Crippen molar-refractivity contribution in [2.24, 2.45) is 5.92 Å². The number of aryl methyl sites for hydroxylation is 1. The molecule has 0 amide bonds. The third-order valence-corrected chi connectivity index (χ3v) is 5.38. The van der Waals surface area contributed by atoms with Crippen LogP contribution in [0, 0.1) is 12.8 Å². The summed E-state index contributed by atoms with van der Waals surface area (Å²) >= 11 is 1.94. The van der Waals surface area contributed by atoms with Crippen molar-refractivity contribution in [1.82, 2.24) is 0 Å². The van der Waals surface area contributed by atoms with Gasteiger partial charge >= 0.3 is 5.97 Å². The number of quaternary nitrogens is 1. The average molecular weight is 322 g/mol. The Labute approximate surface area is 138 Å². The van der Waals surface area contributed by atoms with E-state index in [1.165, 1.54) is 29.2 Å². The predicted molar refractivity (Wildman–Crippen MR) is 91.4 cm³/mol. The number of likely N-dealkylation sites (tertiary alicyclic amines) is 1. The van der Waals surface area contributed by atoms with E-state index in [2.05, 4.69) is 31.2 Å². The molecule has 22 heavy (non-hydrogen) atoms. The molecule has 0 spiro atoms. The predicted octanol–water partition coefficient (Wildman–Crippen LogP) is 2.34. The summed E-state index contributed by atoms with van der Waals surface area (Å²) in [5.41, 5.74) is 1.32. The van der Waals surface area contributed by atoms with Gasteiger partial charge in [-0.25, -0.2) is 0 Å². The first kappa shape index (κ1) is 17.4. The van der Waals surface area contributed by atoms with Gasteiger partial charge in [-0.2, -0.15) is 0 Å². The molecular weight excluding hydrogens is 294 g/mol. The highest BCUT2D eigenvalue weighted by molar-refractivity contribution is 7.99. The lowest BCUT2D eigenvalue weighted by Gasteiger charge is -2.28. The molecule has 0 atom stereocenters. The van der Waals surface area contributed by atoms with Gasteiger partial charge in [0.05, 0.1) is 32.2 Å². The highest BCUT2D eigenvalue weighted by Crippen LogP contribution is 2.18. The van der Waals surface area contributed by atoms with Crippen LogP contribution in [0.15, 0.2) is 29.2 Å². The lowest BCUT2D eigenvalue weighted by atomic mass is 9.97. The van der Waals surface area contributed by atoms with Gasteiger partial charge in [0.1, 0.15) is 0 Å². The van der Waals surface area contributed by atoms with Crippen LogP contribution < -0.4 is 4.90 Å². The van der Waals surface area contributed by atoms with Gasteiger partial charge in [0.2, 0.25) is 0 Å². The van der Waals surface area contributed by atoms with Gasteiger partial charge in [-0.1, -0.05) is 17.7 Å². The second-order valence-corrected chi connectivity index (χ2v) is 7.21. The van der Waals surface area contributed by atoms with Crippen LogP contribution in [-0.4, -0.2) is 38.0 Å². The Balaban J connectivity index is 1.59. The summed E-state index contributed by atoms with van der Waals surface area (Å²) in [6.07, 6.45) is 3.20. The molecule has 0 aromatic heterocycles. The monoisotopic (exact) mass is 322 g/mol. The van der Waals surface area contributed by atoms with Crippen molar-refractivity contribution in [3.05, 3.63) is 29.8 Å². The van der Waals surface area contributed by atoms with Crippen LogP contribution in [0.5, 0.6) is 0 Å². The zero-order valence-corrected chi connectivity index (χ0v) is 14.6. The van der Waals surface area contributed by atoms with Gasteiger partial charge in [-0.3, -0.25) is 4.79 Å². The summed E-state index contributed by atoms with van der Waals surface area (Å²) in [7, 11) is 0. The SMILES string of the molecule is CCOC(=O)C1CC[NH+](CCCSc2ccc(C)cc2)CC1. The molecule has 1 N–H and O–H groups in total. The van der Waals surface area contributed by atoms with Crippen LogP contribution in [0.1, 0.15) is 31.7 Å². The fourth-order valence-corrected chi connectivity index (χ4v) is 3.77. The number of nitrogens with one attached hydrogen (secondary N) is 1. The number of carbonyl (C=O) groups excluding carboxylic acids is 1. The molecule has 122 valence electrons. The first-order valence-corrected chi connectivity index (χ1v) is 9.37. The largest absolute Gasteiger partial charge is 0.466 e. The van der Waals surface area contributed by atoms with Gasteiger partial charge in [0.15, 0.2) is 0 Å². The molecule has 0 saturated carbocycles.